The Labute approximate surface area is 140 Å². The summed E-state index contributed by atoms with van der Waals surface area (Å²) in [5, 5.41) is 9.66. The van der Waals surface area contributed by atoms with Crippen LogP contribution in [0.15, 0.2) is 59.1 Å². The van der Waals surface area contributed by atoms with Gasteiger partial charge in [0.25, 0.3) is 5.91 Å². The smallest absolute Gasteiger partial charge is 0.259 e. The summed E-state index contributed by atoms with van der Waals surface area (Å²) in [5.74, 6) is -0.0980. The molecule has 0 fully saturated rings. The Kier molecular flexibility index (Phi) is 4.31. The van der Waals surface area contributed by atoms with Crippen LogP contribution >= 0.6 is 27.3 Å². The highest BCUT2D eigenvalue weighted by molar-refractivity contribution is 9.10. The molecule has 1 amide bonds. The van der Waals surface area contributed by atoms with Crippen LogP contribution < -0.4 is 4.90 Å². The summed E-state index contributed by atoms with van der Waals surface area (Å²) >= 11 is 4.80. The van der Waals surface area contributed by atoms with E-state index in [2.05, 4.69) is 26.1 Å². The summed E-state index contributed by atoms with van der Waals surface area (Å²) in [5.41, 5.74) is 1.61. The zero-order valence-electron chi connectivity index (χ0n) is 11.7. The summed E-state index contributed by atoms with van der Waals surface area (Å²) in [6.45, 7) is 0. The zero-order chi connectivity index (χ0) is 15.5. The summed E-state index contributed by atoms with van der Waals surface area (Å²) in [4.78, 5) is 13.9. The van der Waals surface area contributed by atoms with E-state index in [-0.39, 0.29) is 5.91 Å². The first-order valence-electron chi connectivity index (χ1n) is 6.58. The van der Waals surface area contributed by atoms with E-state index in [1.165, 1.54) is 16.2 Å². The van der Waals surface area contributed by atoms with Gasteiger partial charge < -0.3 is 0 Å². The van der Waals surface area contributed by atoms with Gasteiger partial charge in [-0.3, -0.25) is 9.69 Å². The minimum Gasteiger partial charge on any atom is -0.286 e. The predicted molar refractivity (Wildman–Crippen MR) is 92.2 cm³/mol. The van der Waals surface area contributed by atoms with E-state index in [0.29, 0.717) is 10.7 Å². The molecule has 0 unspecified atom stereocenters. The van der Waals surface area contributed by atoms with Gasteiger partial charge in [-0.25, -0.2) is 0 Å². The van der Waals surface area contributed by atoms with Crippen LogP contribution in [0, 0.1) is 0 Å². The van der Waals surface area contributed by atoms with Crippen LogP contribution in [0.2, 0.25) is 0 Å². The number of carbonyl (C=O) groups excluding carboxylic acids is 1. The van der Waals surface area contributed by atoms with Gasteiger partial charge in [-0.15, -0.1) is 10.2 Å². The van der Waals surface area contributed by atoms with Crippen molar-refractivity contribution < 1.29 is 4.79 Å². The van der Waals surface area contributed by atoms with Gasteiger partial charge in [-0.05, 0) is 24.3 Å². The second kappa shape index (κ2) is 6.37. The molecule has 3 aromatic rings. The summed E-state index contributed by atoms with van der Waals surface area (Å²) in [6.07, 6.45) is 0. The van der Waals surface area contributed by atoms with Crippen molar-refractivity contribution in [3.8, 4) is 10.6 Å². The Hall–Kier alpha value is -2.05. The Balaban J connectivity index is 1.84. The van der Waals surface area contributed by atoms with Gasteiger partial charge in [0.05, 0.1) is 0 Å². The molecular weight excluding hydrogens is 362 g/mol. The molecule has 0 aliphatic heterocycles. The first-order chi connectivity index (χ1) is 10.6. The number of nitrogens with zero attached hydrogens (tertiary/aromatic N) is 3. The normalized spacial score (nSPS) is 10.5. The lowest BCUT2D eigenvalue weighted by atomic mass is 10.2. The fourth-order valence-electron chi connectivity index (χ4n) is 1.92. The molecule has 3 rings (SSSR count). The van der Waals surface area contributed by atoms with Gasteiger partial charge in [0, 0.05) is 22.6 Å². The van der Waals surface area contributed by atoms with E-state index in [1.54, 1.807) is 19.2 Å². The maximum Gasteiger partial charge on any atom is 0.259 e. The van der Waals surface area contributed by atoms with Gasteiger partial charge in [-0.1, -0.05) is 57.6 Å². The standard InChI is InChI=1S/C16H12BrN3OS/c1-20(15(21)12-5-3-2-4-6-12)16-19-18-14(22-16)11-7-9-13(17)10-8-11/h2-10H,1H3. The molecule has 0 aliphatic carbocycles. The predicted octanol–water partition coefficient (Wildman–Crippen LogP) is 4.24. The molecule has 0 aliphatic rings. The first-order valence-corrected chi connectivity index (χ1v) is 8.18. The highest BCUT2D eigenvalue weighted by Crippen LogP contribution is 2.29. The minimum atomic E-state index is -0.0980. The molecule has 4 nitrogen and oxygen atoms in total. The number of aromatic nitrogens is 2. The SMILES string of the molecule is CN(C(=O)c1ccccc1)c1nnc(-c2ccc(Br)cc2)s1. The first kappa shape index (κ1) is 14.9. The molecule has 2 aromatic carbocycles. The van der Waals surface area contributed by atoms with Gasteiger partial charge in [-0.2, -0.15) is 0 Å². The largest absolute Gasteiger partial charge is 0.286 e. The number of hydrogen-bond acceptors (Lipinski definition) is 4. The Bertz CT molecular complexity index is 787. The fraction of sp³-hybridized carbons (Fsp3) is 0.0625. The molecule has 6 heteroatoms. The van der Waals surface area contributed by atoms with E-state index in [4.69, 9.17) is 0 Å². The Morgan fingerprint density at radius 3 is 2.41 bits per heavy atom. The molecule has 0 spiro atoms. The van der Waals surface area contributed by atoms with E-state index in [0.717, 1.165) is 15.0 Å². The number of rotatable bonds is 3. The summed E-state index contributed by atoms with van der Waals surface area (Å²) in [7, 11) is 1.71. The third kappa shape index (κ3) is 3.08. The number of hydrogen-bond donors (Lipinski definition) is 0. The van der Waals surface area contributed by atoms with Crippen molar-refractivity contribution in [3.05, 3.63) is 64.6 Å². The molecule has 110 valence electrons. The topological polar surface area (TPSA) is 46.1 Å². The quantitative estimate of drug-likeness (QED) is 0.689. The van der Waals surface area contributed by atoms with E-state index < -0.39 is 0 Å². The van der Waals surface area contributed by atoms with Gasteiger partial charge in [0.2, 0.25) is 5.13 Å². The van der Waals surface area contributed by atoms with Crippen molar-refractivity contribution in [3.63, 3.8) is 0 Å². The lowest BCUT2D eigenvalue weighted by Crippen LogP contribution is -2.25. The molecule has 0 bridgehead atoms. The maximum absolute atomic E-state index is 12.4. The van der Waals surface area contributed by atoms with Crippen LogP contribution in [0.3, 0.4) is 0 Å². The van der Waals surface area contributed by atoms with Crippen molar-refractivity contribution >= 4 is 38.3 Å². The molecule has 0 atom stereocenters. The molecule has 0 radical (unpaired) electrons. The van der Waals surface area contributed by atoms with Crippen LogP contribution in [-0.2, 0) is 0 Å². The van der Waals surface area contributed by atoms with E-state index in [1.807, 2.05) is 42.5 Å². The number of halogens is 1. The molecule has 0 saturated heterocycles. The van der Waals surface area contributed by atoms with E-state index in [9.17, 15) is 4.79 Å². The van der Waals surface area contributed by atoms with Crippen molar-refractivity contribution in [1.29, 1.82) is 0 Å². The third-order valence-electron chi connectivity index (χ3n) is 3.12. The van der Waals surface area contributed by atoms with Crippen LogP contribution in [0.5, 0.6) is 0 Å². The average Bonchev–Trinajstić information content (AvgIpc) is 3.05. The molecular formula is C16H12BrN3OS. The Morgan fingerprint density at radius 2 is 1.73 bits per heavy atom. The second-order valence-electron chi connectivity index (χ2n) is 4.63. The van der Waals surface area contributed by atoms with Crippen molar-refractivity contribution in [1.82, 2.24) is 10.2 Å². The minimum absolute atomic E-state index is 0.0980. The number of benzene rings is 2. The van der Waals surface area contributed by atoms with Crippen LogP contribution in [0.1, 0.15) is 10.4 Å². The highest BCUT2D eigenvalue weighted by atomic mass is 79.9. The fourth-order valence-corrected chi connectivity index (χ4v) is 3.00. The Morgan fingerprint density at radius 1 is 1.05 bits per heavy atom. The molecule has 1 aromatic heterocycles. The highest BCUT2D eigenvalue weighted by Gasteiger charge is 2.17. The zero-order valence-corrected chi connectivity index (χ0v) is 14.1. The average molecular weight is 374 g/mol. The van der Waals surface area contributed by atoms with Gasteiger partial charge in [0.15, 0.2) is 0 Å². The molecule has 22 heavy (non-hydrogen) atoms. The van der Waals surface area contributed by atoms with Crippen molar-refractivity contribution in [2.75, 3.05) is 11.9 Å². The van der Waals surface area contributed by atoms with Crippen LogP contribution in [0.4, 0.5) is 5.13 Å². The lowest BCUT2D eigenvalue weighted by Gasteiger charge is -2.12. The van der Waals surface area contributed by atoms with Crippen LogP contribution in [-0.4, -0.2) is 23.2 Å². The van der Waals surface area contributed by atoms with Crippen molar-refractivity contribution in [2.24, 2.45) is 0 Å². The summed E-state index contributed by atoms with van der Waals surface area (Å²) < 4.78 is 1.01. The monoisotopic (exact) mass is 373 g/mol. The number of anilines is 1. The number of amides is 1. The van der Waals surface area contributed by atoms with Crippen LogP contribution in [0.25, 0.3) is 10.6 Å². The van der Waals surface area contributed by atoms with Gasteiger partial charge >= 0.3 is 0 Å². The molecule has 0 saturated carbocycles. The summed E-state index contributed by atoms with van der Waals surface area (Å²) in [6, 6.07) is 17.0. The maximum atomic E-state index is 12.4. The van der Waals surface area contributed by atoms with Gasteiger partial charge in [0.1, 0.15) is 5.01 Å². The van der Waals surface area contributed by atoms with Crippen molar-refractivity contribution in [2.45, 2.75) is 0 Å². The number of carbonyl (C=O) groups is 1. The molecule has 1 heterocycles. The molecule has 0 N–H and O–H groups in total. The lowest BCUT2D eigenvalue weighted by molar-refractivity contribution is 0.0993. The van der Waals surface area contributed by atoms with E-state index >= 15 is 0 Å². The third-order valence-corrected chi connectivity index (χ3v) is 4.70. The second-order valence-corrected chi connectivity index (χ2v) is 6.50.